The fourth-order valence-electron chi connectivity index (χ4n) is 3.41. The monoisotopic (exact) mass is 371 g/mol. The number of carbonyl (C=O) groups is 1. The first kappa shape index (κ1) is 19.1. The molecule has 2 aromatic rings. The number of likely N-dealkylation sites (N-methyl/N-ethyl adjacent to an activating group) is 1. The molecule has 0 atom stereocenters. The van der Waals surface area contributed by atoms with E-state index in [1.807, 2.05) is 18.0 Å². The predicted octanol–water partition coefficient (Wildman–Crippen LogP) is 3.22. The molecule has 0 bridgehead atoms. The highest BCUT2D eigenvalue weighted by molar-refractivity contribution is 7.09. The van der Waals surface area contributed by atoms with E-state index in [0.717, 1.165) is 39.1 Å². The maximum atomic E-state index is 12.5. The normalized spacial score (nSPS) is 16.4. The smallest absolute Gasteiger partial charge is 0.236 e. The maximum Gasteiger partial charge on any atom is 0.236 e. The minimum Gasteiger partial charge on any atom is -0.340 e. The van der Waals surface area contributed by atoms with Crippen molar-refractivity contribution in [2.75, 3.05) is 39.8 Å². The van der Waals surface area contributed by atoms with E-state index in [-0.39, 0.29) is 5.91 Å². The molecule has 4 nitrogen and oxygen atoms in total. The Labute approximate surface area is 161 Å². The van der Waals surface area contributed by atoms with Crippen molar-refractivity contribution >= 4 is 17.2 Å². The molecule has 0 saturated carbocycles. The van der Waals surface area contributed by atoms with Crippen LogP contribution in [0, 0.1) is 6.92 Å². The number of amides is 1. The molecule has 0 aliphatic carbocycles. The van der Waals surface area contributed by atoms with Gasteiger partial charge in [-0.15, -0.1) is 11.3 Å². The Morgan fingerprint density at radius 1 is 1.08 bits per heavy atom. The first-order valence-electron chi connectivity index (χ1n) is 9.37. The Bertz CT molecular complexity index is 701. The lowest BCUT2D eigenvalue weighted by Crippen LogP contribution is -2.39. The average molecular weight is 372 g/mol. The molecule has 0 N–H and O–H groups in total. The standard InChI is InChI=1S/C21H29N3OS/c1-18-7-3-4-8-19(18)15-23-10-6-11-24(13-12-23)17-21(25)22(2)16-20-9-5-14-26-20/h3-5,7-9,14H,6,10-13,15-17H2,1-2H3. The predicted molar refractivity (Wildman–Crippen MR) is 108 cm³/mol. The fraction of sp³-hybridized carbons (Fsp3) is 0.476. The Morgan fingerprint density at radius 2 is 1.85 bits per heavy atom. The minimum absolute atomic E-state index is 0.214. The molecular formula is C21H29N3OS. The number of carbonyl (C=O) groups excluding carboxylic acids is 1. The van der Waals surface area contributed by atoms with Gasteiger partial charge in [-0.25, -0.2) is 0 Å². The second-order valence-electron chi connectivity index (χ2n) is 7.16. The molecule has 2 heterocycles. The second-order valence-corrected chi connectivity index (χ2v) is 8.19. The second kappa shape index (κ2) is 9.31. The van der Waals surface area contributed by atoms with Crippen LogP contribution in [0.25, 0.3) is 0 Å². The van der Waals surface area contributed by atoms with Crippen LogP contribution in [-0.2, 0) is 17.9 Å². The Hall–Kier alpha value is -1.69. The Kier molecular flexibility index (Phi) is 6.83. The van der Waals surface area contributed by atoms with Crippen LogP contribution in [0.5, 0.6) is 0 Å². The summed E-state index contributed by atoms with van der Waals surface area (Å²) in [6.45, 7) is 8.52. The van der Waals surface area contributed by atoms with Crippen molar-refractivity contribution in [3.8, 4) is 0 Å². The summed E-state index contributed by atoms with van der Waals surface area (Å²) < 4.78 is 0. The van der Waals surface area contributed by atoms with Gasteiger partial charge in [0.1, 0.15) is 0 Å². The Balaban J connectivity index is 1.47. The maximum absolute atomic E-state index is 12.5. The fourth-order valence-corrected chi connectivity index (χ4v) is 4.16. The van der Waals surface area contributed by atoms with Crippen LogP contribution in [-0.4, -0.2) is 60.4 Å². The van der Waals surface area contributed by atoms with Crippen molar-refractivity contribution in [2.24, 2.45) is 0 Å². The SMILES string of the molecule is Cc1ccccc1CN1CCCN(CC(=O)N(C)Cc2cccs2)CC1. The van der Waals surface area contributed by atoms with Crippen LogP contribution in [0.15, 0.2) is 41.8 Å². The Morgan fingerprint density at radius 3 is 2.62 bits per heavy atom. The molecule has 3 rings (SSSR count). The summed E-state index contributed by atoms with van der Waals surface area (Å²) >= 11 is 1.71. The number of rotatable bonds is 6. The van der Waals surface area contributed by atoms with Gasteiger partial charge in [0.2, 0.25) is 5.91 Å². The van der Waals surface area contributed by atoms with Gasteiger partial charge in [-0.3, -0.25) is 14.6 Å². The first-order valence-corrected chi connectivity index (χ1v) is 10.3. The summed E-state index contributed by atoms with van der Waals surface area (Å²) in [7, 11) is 1.91. The number of nitrogens with zero attached hydrogens (tertiary/aromatic N) is 3. The van der Waals surface area contributed by atoms with Gasteiger partial charge in [0, 0.05) is 31.6 Å². The van der Waals surface area contributed by atoms with Gasteiger partial charge in [0.15, 0.2) is 0 Å². The number of benzene rings is 1. The van der Waals surface area contributed by atoms with E-state index in [1.165, 1.54) is 16.0 Å². The highest BCUT2D eigenvalue weighted by Crippen LogP contribution is 2.14. The van der Waals surface area contributed by atoms with Gasteiger partial charge in [0.25, 0.3) is 0 Å². The average Bonchev–Trinajstić information content (AvgIpc) is 3.04. The summed E-state index contributed by atoms with van der Waals surface area (Å²) in [6.07, 6.45) is 1.12. The summed E-state index contributed by atoms with van der Waals surface area (Å²) in [5.74, 6) is 0.214. The highest BCUT2D eigenvalue weighted by Gasteiger charge is 2.19. The molecule has 0 spiro atoms. The van der Waals surface area contributed by atoms with E-state index in [1.54, 1.807) is 11.3 Å². The third kappa shape index (κ3) is 5.40. The van der Waals surface area contributed by atoms with Gasteiger partial charge < -0.3 is 4.90 Å². The van der Waals surface area contributed by atoms with Crippen LogP contribution < -0.4 is 0 Å². The minimum atomic E-state index is 0.214. The summed E-state index contributed by atoms with van der Waals surface area (Å²) in [5, 5.41) is 2.06. The lowest BCUT2D eigenvalue weighted by molar-refractivity contribution is -0.131. The van der Waals surface area contributed by atoms with Crippen molar-refractivity contribution in [2.45, 2.75) is 26.4 Å². The van der Waals surface area contributed by atoms with E-state index in [4.69, 9.17) is 0 Å². The zero-order valence-corrected chi connectivity index (χ0v) is 16.7. The molecule has 1 aliphatic rings. The van der Waals surface area contributed by atoms with E-state index >= 15 is 0 Å². The zero-order chi connectivity index (χ0) is 18.4. The molecule has 0 radical (unpaired) electrons. The molecule has 1 aromatic heterocycles. The number of thiophene rings is 1. The summed E-state index contributed by atoms with van der Waals surface area (Å²) in [5.41, 5.74) is 2.77. The molecule has 26 heavy (non-hydrogen) atoms. The zero-order valence-electron chi connectivity index (χ0n) is 15.9. The lowest BCUT2D eigenvalue weighted by Gasteiger charge is -2.24. The number of hydrogen-bond donors (Lipinski definition) is 0. The molecular weight excluding hydrogens is 342 g/mol. The quantitative estimate of drug-likeness (QED) is 0.780. The van der Waals surface area contributed by atoms with Crippen molar-refractivity contribution < 1.29 is 4.79 Å². The van der Waals surface area contributed by atoms with Gasteiger partial charge in [0.05, 0.1) is 13.1 Å². The topological polar surface area (TPSA) is 26.8 Å². The summed E-state index contributed by atoms with van der Waals surface area (Å²) in [4.78, 5) is 20.5. The van der Waals surface area contributed by atoms with E-state index in [9.17, 15) is 4.79 Å². The molecule has 5 heteroatoms. The van der Waals surface area contributed by atoms with Gasteiger partial charge in [-0.05, 0) is 49.0 Å². The largest absolute Gasteiger partial charge is 0.340 e. The van der Waals surface area contributed by atoms with Crippen molar-refractivity contribution in [3.63, 3.8) is 0 Å². The molecule has 1 fully saturated rings. The highest BCUT2D eigenvalue weighted by atomic mass is 32.1. The molecule has 140 valence electrons. The van der Waals surface area contributed by atoms with Gasteiger partial charge in [-0.2, -0.15) is 0 Å². The van der Waals surface area contributed by atoms with Crippen LogP contribution in [0.3, 0.4) is 0 Å². The molecule has 1 amide bonds. The van der Waals surface area contributed by atoms with Crippen LogP contribution in [0.2, 0.25) is 0 Å². The van der Waals surface area contributed by atoms with Crippen LogP contribution in [0.1, 0.15) is 22.4 Å². The molecule has 1 aliphatic heterocycles. The number of aryl methyl sites for hydroxylation is 1. The van der Waals surface area contributed by atoms with Gasteiger partial charge in [-0.1, -0.05) is 30.3 Å². The first-order chi connectivity index (χ1) is 12.6. The third-order valence-corrected chi connectivity index (χ3v) is 5.96. The van der Waals surface area contributed by atoms with Crippen molar-refractivity contribution in [3.05, 3.63) is 57.8 Å². The van der Waals surface area contributed by atoms with E-state index in [0.29, 0.717) is 13.1 Å². The van der Waals surface area contributed by atoms with Crippen molar-refractivity contribution in [1.29, 1.82) is 0 Å². The van der Waals surface area contributed by atoms with Crippen LogP contribution in [0.4, 0.5) is 0 Å². The third-order valence-electron chi connectivity index (χ3n) is 5.09. The van der Waals surface area contributed by atoms with Crippen molar-refractivity contribution in [1.82, 2.24) is 14.7 Å². The van der Waals surface area contributed by atoms with E-state index in [2.05, 4.69) is 52.4 Å². The van der Waals surface area contributed by atoms with Crippen LogP contribution >= 0.6 is 11.3 Å². The molecule has 1 aromatic carbocycles. The summed E-state index contributed by atoms with van der Waals surface area (Å²) in [6, 6.07) is 12.7. The van der Waals surface area contributed by atoms with E-state index < -0.39 is 0 Å². The lowest BCUT2D eigenvalue weighted by atomic mass is 10.1. The molecule has 1 saturated heterocycles. The molecule has 0 unspecified atom stereocenters. The van der Waals surface area contributed by atoms with Gasteiger partial charge >= 0.3 is 0 Å². The number of hydrogen-bond acceptors (Lipinski definition) is 4.